The maximum atomic E-state index is 13.0. The number of pyridine rings is 1. The molecule has 0 radical (unpaired) electrons. The molecule has 4 rings (SSSR count). The Hall–Kier alpha value is -2.49. The van der Waals surface area contributed by atoms with Crippen LogP contribution in [-0.4, -0.2) is 16.7 Å². The largest absolute Gasteiger partial charge is 0.321 e. The molecule has 1 saturated carbocycles. The Kier molecular flexibility index (Phi) is 7.64. The van der Waals surface area contributed by atoms with Gasteiger partial charge in [0, 0.05) is 28.9 Å². The molecule has 2 aromatic rings. The number of ketones is 1. The molecule has 0 saturated heterocycles. The number of carbonyl (C=O) groups excluding carboxylic acids is 2. The molecular formula is C27H36N2O2. The number of hydrogen-bond donors (Lipinski definition) is 1. The van der Waals surface area contributed by atoms with Crippen molar-refractivity contribution >= 4 is 17.4 Å². The zero-order valence-electron chi connectivity index (χ0n) is 19.7. The van der Waals surface area contributed by atoms with Crippen molar-refractivity contribution in [1.82, 2.24) is 4.98 Å². The van der Waals surface area contributed by atoms with Crippen molar-refractivity contribution in [3.05, 3.63) is 57.9 Å². The van der Waals surface area contributed by atoms with E-state index in [4.69, 9.17) is 0 Å². The number of nitrogens with one attached hydrogen (secondary N) is 1. The zero-order valence-corrected chi connectivity index (χ0v) is 19.7. The molecule has 1 aromatic heterocycles. The molecule has 4 nitrogen and oxygen atoms in total. The number of fused-ring (bicyclic) bond motifs is 1. The molecule has 2 aliphatic carbocycles. The SMILES string of the molecule is CCC1CC1.CCc1cc(C)cc(NC(=O)c2ccnc3c2CCC3)c1C(=O)C(C)C. The predicted octanol–water partition coefficient (Wildman–Crippen LogP) is 6.34. The van der Waals surface area contributed by atoms with Crippen molar-refractivity contribution in [3.63, 3.8) is 0 Å². The molecule has 1 amide bonds. The van der Waals surface area contributed by atoms with Crippen LogP contribution < -0.4 is 5.32 Å². The van der Waals surface area contributed by atoms with Crippen LogP contribution >= 0.6 is 0 Å². The first-order chi connectivity index (χ1) is 14.8. The van der Waals surface area contributed by atoms with Crippen LogP contribution in [0.4, 0.5) is 5.69 Å². The molecule has 0 spiro atoms. The summed E-state index contributed by atoms with van der Waals surface area (Å²) in [7, 11) is 0. The molecule has 0 unspecified atom stereocenters. The van der Waals surface area contributed by atoms with Gasteiger partial charge in [0.05, 0.1) is 5.69 Å². The molecule has 166 valence electrons. The molecule has 0 aliphatic heterocycles. The first-order valence-electron chi connectivity index (χ1n) is 11.8. The van der Waals surface area contributed by atoms with E-state index in [2.05, 4.69) is 17.2 Å². The van der Waals surface area contributed by atoms with Crippen LogP contribution in [0.15, 0.2) is 24.4 Å². The van der Waals surface area contributed by atoms with Crippen molar-refractivity contribution in [2.24, 2.45) is 11.8 Å². The van der Waals surface area contributed by atoms with Crippen molar-refractivity contribution < 1.29 is 9.59 Å². The minimum atomic E-state index is -0.156. The number of benzene rings is 1. The standard InChI is InChI=1S/C22H26N2O2.C5H10/c1-5-15-11-14(4)12-19(20(15)21(25)13(2)3)24-22(26)17-9-10-23-18-8-6-7-16(17)18;1-2-5-3-4-5/h9-13H,5-8H2,1-4H3,(H,24,26);5H,2-4H2,1H3. The van der Waals surface area contributed by atoms with E-state index in [1.165, 1.54) is 19.3 Å². The van der Waals surface area contributed by atoms with Crippen molar-refractivity contribution in [1.29, 1.82) is 0 Å². The predicted molar refractivity (Wildman–Crippen MR) is 127 cm³/mol. The van der Waals surface area contributed by atoms with E-state index >= 15 is 0 Å². The van der Waals surface area contributed by atoms with E-state index in [-0.39, 0.29) is 17.6 Å². The van der Waals surface area contributed by atoms with Crippen molar-refractivity contribution in [2.75, 3.05) is 5.32 Å². The number of aromatic nitrogens is 1. The summed E-state index contributed by atoms with van der Waals surface area (Å²) in [6, 6.07) is 5.71. The first kappa shape index (κ1) is 23.2. The Morgan fingerprint density at radius 1 is 1.16 bits per heavy atom. The summed E-state index contributed by atoms with van der Waals surface area (Å²) in [5.74, 6) is 0.923. The summed E-state index contributed by atoms with van der Waals surface area (Å²) < 4.78 is 0. The molecular weight excluding hydrogens is 384 g/mol. The van der Waals surface area contributed by atoms with Gasteiger partial charge in [0.2, 0.25) is 0 Å². The number of anilines is 1. The highest BCUT2D eigenvalue weighted by Crippen LogP contribution is 2.31. The monoisotopic (exact) mass is 420 g/mol. The lowest BCUT2D eigenvalue weighted by atomic mass is 9.91. The van der Waals surface area contributed by atoms with E-state index in [1.807, 2.05) is 39.8 Å². The fourth-order valence-corrected chi connectivity index (χ4v) is 4.21. The first-order valence-corrected chi connectivity index (χ1v) is 11.8. The molecule has 1 aromatic carbocycles. The highest BCUT2D eigenvalue weighted by Gasteiger charge is 2.23. The Morgan fingerprint density at radius 2 is 1.90 bits per heavy atom. The molecule has 1 N–H and O–H groups in total. The highest BCUT2D eigenvalue weighted by atomic mass is 16.2. The number of amides is 1. The molecule has 2 aliphatic rings. The van der Waals surface area contributed by atoms with Crippen LogP contribution in [0.25, 0.3) is 0 Å². The topological polar surface area (TPSA) is 59.1 Å². The summed E-state index contributed by atoms with van der Waals surface area (Å²) >= 11 is 0. The molecule has 1 fully saturated rings. The summed E-state index contributed by atoms with van der Waals surface area (Å²) in [4.78, 5) is 30.2. The van der Waals surface area contributed by atoms with Crippen LogP contribution in [0.2, 0.25) is 0 Å². The number of hydrogen-bond acceptors (Lipinski definition) is 3. The minimum Gasteiger partial charge on any atom is -0.321 e. The van der Waals surface area contributed by atoms with Gasteiger partial charge in [-0.3, -0.25) is 14.6 Å². The second kappa shape index (κ2) is 10.2. The summed E-state index contributed by atoms with van der Waals surface area (Å²) in [5, 5.41) is 3.02. The average Bonchev–Trinajstić information content (AvgIpc) is 3.48. The van der Waals surface area contributed by atoms with Gasteiger partial charge in [-0.15, -0.1) is 0 Å². The van der Waals surface area contributed by atoms with Crippen LogP contribution in [0, 0.1) is 18.8 Å². The average molecular weight is 421 g/mol. The van der Waals surface area contributed by atoms with E-state index in [0.29, 0.717) is 16.8 Å². The van der Waals surface area contributed by atoms with Crippen molar-refractivity contribution in [2.45, 2.75) is 79.6 Å². The third kappa shape index (κ3) is 5.61. The minimum absolute atomic E-state index is 0.0668. The van der Waals surface area contributed by atoms with Gasteiger partial charge in [-0.05, 0) is 67.3 Å². The number of carbonyl (C=O) groups is 2. The van der Waals surface area contributed by atoms with Gasteiger partial charge >= 0.3 is 0 Å². The van der Waals surface area contributed by atoms with E-state index < -0.39 is 0 Å². The quantitative estimate of drug-likeness (QED) is 0.555. The van der Waals surface area contributed by atoms with Crippen LogP contribution in [0.1, 0.15) is 96.5 Å². The number of Topliss-reactive ketones (excluding diaryl/α,β-unsaturated/α-hetero) is 1. The van der Waals surface area contributed by atoms with Gasteiger partial charge in [-0.2, -0.15) is 0 Å². The fraction of sp³-hybridized carbons (Fsp3) is 0.519. The van der Waals surface area contributed by atoms with E-state index in [0.717, 1.165) is 54.0 Å². The van der Waals surface area contributed by atoms with Gasteiger partial charge in [0.15, 0.2) is 5.78 Å². The third-order valence-electron chi connectivity index (χ3n) is 6.27. The van der Waals surface area contributed by atoms with Gasteiger partial charge in [-0.25, -0.2) is 0 Å². The number of rotatable bonds is 6. The maximum absolute atomic E-state index is 13.0. The van der Waals surface area contributed by atoms with Gasteiger partial charge in [-0.1, -0.05) is 53.0 Å². The smallest absolute Gasteiger partial charge is 0.256 e. The summed E-state index contributed by atoms with van der Waals surface area (Å²) in [5.41, 5.74) is 6.03. The van der Waals surface area contributed by atoms with Gasteiger partial charge in [0.1, 0.15) is 0 Å². The van der Waals surface area contributed by atoms with Gasteiger partial charge < -0.3 is 5.32 Å². The van der Waals surface area contributed by atoms with Crippen LogP contribution in [0.3, 0.4) is 0 Å². The zero-order chi connectivity index (χ0) is 22.5. The second-order valence-corrected chi connectivity index (χ2v) is 9.16. The van der Waals surface area contributed by atoms with Crippen LogP contribution in [0.5, 0.6) is 0 Å². The molecule has 1 heterocycles. The fourth-order valence-electron chi connectivity index (χ4n) is 4.21. The Bertz CT molecular complexity index is 958. The summed E-state index contributed by atoms with van der Waals surface area (Å²) in [6.45, 7) is 10.1. The molecule has 0 bridgehead atoms. The normalized spacial score (nSPS) is 14.6. The Balaban J connectivity index is 0.000000478. The number of nitrogens with zero attached hydrogens (tertiary/aromatic N) is 1. The number of aryl methyl sites for hydroxylation is 3. The Labute approximate surface area is 186 Å². The molecule has 4 heteroatoms. The van der Waals surface area contributed by atoms with E-state index in [1.54, 1.807) is 12.3 Å². The lowest BCUT2D eigenvalue weighted by molar-refractivity contribution is 0.0939. The van der Waals surface area contributed by atoms with Gasteiger partial charge in [0.25, 0.3) is 5.91 Å². The van der Waals surface area contributed by atoms with Crippen LogP contribution in [-0.2, 0) is 19.3 Å². The molecule has 0 atom stereocenters. The summed E-state index contributed by atoms with van der Waals surface area (Å²) in [6.07, 6.45) is 9.74. The Morgan fingerprint density at radius 3 is 2.48 bits per heavy atom. The van der Waals surface area contributed by atoms with Crippen molar-refractivity contribution in [3.8, 4) is 0 Å². The lowest BCUT2D eigenvalue weighted by Gasteiger charge is -2.18. The van der Waals surface area contributed by atoms with E-state index in [9.17, 15) is 9.59 Å². The second-order valence-electron chi connectivity index (χ2n) is 9.16. The maximum Gasteiger partial charge on any atom is 0.256 e. The lowest BCUT2D eigenvalue weighted by Crippen LogP contribution is -2.20. The third-order valence-corrected chi connectivity index (χ3v) is 6.27. The highest BCUT2D eigenvalue weighted by molar-refractivity contribution is 6.11. The molecule has 31 heavy (non-hydrogen) atoms.